The summed E-state index contributed by atoms with van der Waals surface area (Å²) in [4.78, 5) is 12.1. The molecule has 1 fully saturated rings. The number of piperidine rings is 1. The highest BCUT2D eigenvalue weighted by molar-refractivity contribution is 5.64. The van der Waals surface area contributed by atoms with Gasteiger partial charge in [-0.3, -0.25) is 0 Å². The SMILES string of the molecule is CCCCOC1CCN(C(=O)O)CC1. The third-order valence-corrected chi connectivity index (χ3v) is 2.56. The van der Waals surface area contributed by atoms with Crippen molar-refractivity contribution < 1.29 is 14.6 Å². The summed E-state index contributed by atoms with van der Waals surface area (Å²) in [6.45, 7) is 4.18. The van der Waals surface area contributed by atoms with Gasteiger partial charge in [-0.15, -0.1) is 0 Å². The van der Waals surface area contributed by atoms with E-state index in [4.69, 9.17) is 9.84 Å². The van der Waals surface area contributed by atoms with Crippen molar-refractivity contribution in [2.75, 3.05) is 19.7 Å². The van der Waals surface area contributed by atoms with Gasteiger partial charge in [-0.1, -0.05) is 13.3 Å². The average molecular weight is 201 g/mol. The van der Waals surface area contributed by atoms with Crippen molar-refractivity contribution in [1.82, 2.24) is 4.90 Å². The smallest absolute Gasteiger partial charge is 0.407 e. The average Bonchev–Trinajstić information content (AvgIpc) is 2.19. The van der Waals surface area contributed by atoms with E-state index in [-0.39, 0.29) is 6.10 Å². The van der Waals surface area contributed by atoms with Crippen LogP contribution in [0.15, 0.2) is 0 Å². The molecule has 0 unspecified atom stereocenters. The van der Waals surface area contributed by atoms with E-state index in [0.717, 1.165) is 32.3 Å². The van der Waals surface area contributed by atoms with Crippen LogP contribution in [0, 0.1) is 0 Å². The van der Waals surface area contributed by atoms with Crippen LogP contribution in [0.4, 0.5) is 4.79 Å². The molecule has 1 heterocycles. The molecule has 0 aromatic heterocycles. The Morgan fingerprint density at radius 2 is 2.14 bits per heavy atom. The zero-order chi connectivity index (χ0) is 10.4. The molecule has 0 bridgehead atoms. The van der Waals surface area contributed by atoms with E-state index in [0.29, 0.717) is 13.1 Å². The first-order valence-electron chi connectivity index (χ1n) is 5.33. The number of hydrogen-bond acceptors (Lipinski definition) is 2. The van der Waals surface area contributed by atoms with Crippen LogP contribution in [-0.2, 0) is 4.74 Å². The Balaban J connectivity index is 2.12. The number of carboxylic acid groups (broad SMARTS) is 1. The predicted molar refractivity (Wildman–Crippen MR) is 53.5 cm³/mol. The lowest BCUT2D eigenvalue weighted by molar-refractivity contribution is 0.00900. The zero-order valence-corrected chi connectivity index (χ0v) is 8.74. The summed E-state index contributed by atoms with van der Waals surface area (Å²) in [6.07, 6.45) is 3.40. The highest BCUT2D eigenvalue weighted by Gasteiger charge is 2.22. The maximum Gasteiger partial charge on any atom is 0.407 e. The molecule has 0 aromatic carbocycles. The molecule has 1 aliphatic rings. The van der Waals surface area contributed by atoms with E-state index in [2.05, 4.69) is 6.92 Å². The van der Waals surface area contributed by atoms with Gasteiger partial charge in [0.05, 0.1) is 6.10 Å². The maximum atomic E-state index is 10.6. The first-order chi connectivity index (χ1) is 6.74. The van der Waals surface area contributed by atoms with Gasteiger partial charge in [-0.25, -0.2) is 4.79 Å². The van der Waals surface area contributed by atoms with E-state index in [1.807, 2.05) is 0 Å². The van der Waals surface area contributed by atoms with Crippen LogP contribution in [0.3, 0.4) is 0 Å². The molecular weight excluding hydrogens is 182 g/mol. The summed E-state index contributed by atoms with van der Waals surface area (Å²) in [5, 5.41) is 8.72. The minimum atomic E-state index is -0.808. The van der Waals surface area contributed by atoms with E-state index in [9.17, 15) is 4.79 Å². The van der Waals surface area contributed by atoms with Gasteiger partial charge in [0.15, 0.2) is 0 Å². The normalized spacial score (nSPS) is 18.5. The van der Waals surface area contributed by atoms with E-state index in [1.165, 1.54) is 4.90 Å². The molecule has 0 spiro atoms. The standard InChI is InChI=1S/C10H19NO3/c1-2-3-8-14-9-4-6-11(7-5-9)10(12)13/h9H,2-8H2,1H3,(H,12,13). The second-order valence-electron chi connectivity index (χ2n) is 3.69. The van der Waals surface area contributed by atoms with Crippen LogP contribution < -0.4 is 0 Å². The van der Waals surface area contributed by atoms with Gasteiger partial charge >= 0.3 is 6.09 Å². The molecule has 1 N–H and O–H groups in total. The number of hydrogen-bond donors (Lipinski definition) is 1. The monoisotopic (exact) mass is 201 g/mol. The number of amides is 1. The van der Waals surface area contributed by atoms with Crippen molar-refractivity contribution in [3.05, 3.63) is 0 Å². The lowest BCUT2D eigenvalue weighted by atomic mass is 10.1. The fourth-order valence-corrected chi connectivity index (χ4v) is 1.61. The fourth-order valence-electron chi connectivity index (χ4n) is 1.61. The van der Waals surface area contributed by atoms with Gasteiger partial charge in [0.1, 0.15) is 0 Å². The summed E-state index contributed by atoms with van der Waals surface area (Å²) >= 11 is 0. The van der Waals surface area contributed by atoms with Crippen LogP contribution in [0.25, 0.3) is 0 Å². The van der Waals surface area contributed by atoms with Crippen molar-refractivity contribution in [2.45, 2.75) is 38.7 Å². The molecule has 1 saturated heterocycles. The van der Waals surface area contributed by atoms with Crippen LogP contribution in [0.2, 0.25) is 0 Å². The zero-order valence-electron chi connectivity index (χ0n) is 8.74. The van der Waals surface area contributed by atoms with Gasteiger partial charge in [-0.05, 0) is 19.3 Å². The highest BCUT2D eigenvalue weighted by atomic mass is 16.5. The lowest BCUT2D eigenvalue weighted by Crippen LogP contribution is -2.40. The van der Waals surface area contributed by atoms with Crippen LogP contribution >= 0.6 is 0 Å². The Morgan fingerprint density at radius 3 is 2.64 bits per heavy atom. The molecule has 1 amide bonds. The van der Waals surface area contributed by atoms with Gasteiger partial charge < -0.3 is 14.7 Å². The van der Waals surface area contributed by atoms with Crippen molar-refractivity contribution in [3.8, 4) is 0 Å². The third kappa shape index (κ3) is 3.54. The van der Waals surface area contributed by atoms with Crippen molar-refractivity contribution in [2.24, 2.45) is 0 Å². The minimum absolute atomic E-state index is 0.275. The van der Waals surface area contributed by atoms with Gasteiger partial charge in [0.2, 0.25) is 0 Å². The van der Waals surface area contributed by atoms with Gasteiger partial charge in [-0.2, -0.15) is 0 Å². The first kappa shape index (κ1) is 11.3. The molecule has 4 heteroatoms. The Labute approximate surface area is 84.8 Å². The molecule has 0 aromatic rings. The Hall–Kier alpha value is -0.770. The molecule has 82 valence electrons. The van der Waals surface area contributed by atoms with Crippen LogP contribution in [-0.4, -0.2) is 41.9 Å². The molecule has 0 saturated carbocycles. The second-order valence-corrected chi connectivity index (χ2v) is 3.69. The summed E-state index contributed by atoms with van der Waals surface area (Å²) in [5.41, 5.74) is 0. The van der Waals surface area contributed by atoms with E-state index in [1.54, 1.807) is 0 Å². The van der Waals surface area contributed by atoms with Crippen molar-refractivity contribution in [3.63, 3.8) is 0 Å². The molecule has 4 nitrogen and oxygen atoms in total. The number of nitrogens with zero attached hydrogens (tertiary/aromatic N) is 1. The first-order valence-corrected chi connectivity index (χ1v) is 5.33. The number of ether oxygens (including phenoxy) is 1. The minimum Gasteiger partial charge on any atom is -0.465 e. The third-order valence-electron chi connectivity index (χ3n) is 2.56. The highest BCUT2D eigenvalue weighted by Crippen LogP contribution is 2.13. The summed E-state index contributed by atoms with van der Waals surface area (Å²) in [6, 6.07) is 0. The summed E-state index contributed by atoms with van der Waals surface area (Å²) < 4.78 is 5.63. The van der Waals surface area contributed by atoms with E-state index >= 15 is 0 Å². The molecular formula is C10H19NO3. The Kier molecular flexibility index (Phi) is 4.73. The number of unbranched alkanes of at least 4 members (excludes halogenated alkanes) is 1. The summed E-state index contributed by atoms with van der Waals surface area (Å²) in [5.74, 6) is 0. The molecule has 0 atom stereocenters. The summed E-state index contributed by atoms with van der Waals surface area (Å²) in [7, 11) is 0. The van der Waals surface area contributed by atoms with E-state index < -0.39 is 6.09 Å². The van der Waals surface area contributed by atoms with Crippen molar-refractivity contribution in [1.29, 1.82) is 0 Å². The largest absolute Gasteiger partial charge is 0.465 e. The lowest BCUT2D eigenvalue weighted by Gasteiger charge is -2.29. The molecule has 0 radical (unpaired) electrons. The fraction of sp³-hybridized carbons (Fsp3) is 0.900. The van der Waals surface area contributed by atoms with Crippen LogP contribution in [0.5, 0.6) is 0 Å². The number of rotatable bonds is 4. The molecule has 14 heavy (non-hydrogen) atoms. The topological polar surface area (TPSA) is 49.8 Å². The number of likely N-dealkylation sites (tertiary alicyclic amines) is 1. The second kappa shape index (κ2) is 5.86. The Bertz CT molecular complexity index is 176. The molecule has 1 rings (SSSR count). The molecule has 0 aliphatic carbocycles. The number of carbonyl (C=O) groups is 1. The quantitative estimate of drug-likeness (QED) is 0.707. The van der Waals surface area contributed by atoms with Crippen LogP contribution in [0.1, 0.15) is 32.6 Å². The van der Waals surface area contributed by atoms with Crippen molar-refractivity contribution >= 4 is 6.09 Å². The maximum absolute atomic E-state index is 10.6. The molecule has 1 aliphatic heterocycles. The van der Waals surface area contributed by atoms with Gasteiger partial charge in [0, 0.05) is 19.7 Å². The van der Waals surface area contributed by atoms with Gasteiger partial charge in [0.25, 0.3) is 0 Å². The Morgan fingerprint density at radius 1 is 1.50 bits per heavy atom. The predicted octanol–water partition coefficient (Wildman–Crippen LogP) is 1.95.